The number of phenolic OH excluding ortho intramolecular Hbond substituents is 1. The topological polar surface area (TPSA) is 62.3 Å². The molecule has 0 bridgehead atoms. The lowest BCUT2D eigenvalue weighted by atomic mass is 10.1. The summed E-state index contributed by atoms with van der Waals surface area (Å²) in [4.78, 5) is 15.5. The second-order valence-electron chi connectivity index (χ2n) is 6.44. The van der Waals surface area contributed by atoms with Gasteiger partial charge in [-0.1, -0.05) is 42.5 Å². The average molecular weight is 368 g/mol. The van der Waals surface area contributed by atoms with Crippen LogP contribution in [0.15, 0.2) is 72.9 Å². The number of para-hydroxylation sites is 1. The molecule has 4 nitrogen and oxygen atoms in total. The van der Waals surface area contributed by atoms with E-state index in [2.05, 4.69) is 11.1 Å². The minimum Gasteiger partial charge on any atom is -0.508 e. The predicted octanol–water partition coefficient (Wildman–Crippen LogP) is 4.99. The molecule has 0 aliphatic rings. The summed E-state index contributed by atoms with van der Waals surface area (Å²) in [5, 5.41) is 10.4. The van der Waals surface area contributed by atoms with E-state index in [1.165, 1.54) is 0 Å². The minimum atomic E-state index is -0.321. The first-order valence-corrected chi connectivity index (χ1v) is 8.91. The number of carbonyl (C=O) groups excluding carboxylic acids is 1. The Balaban J connectivity index is 1.44. The van der Waals surface area contributed by atoms with Crippen LogP contribution in [0.1, 0.15) is 16.7 Å². The van der Waals surface area contributed by atoms with Crippen molar-refractivity contribution in [3.05, 3.63) is 95.7 Å². The number of ether oxygens (including phenoxy) is 1. The van der Waals surface area contributed by atoms with Crippen molar-refractivity contribution < 1.29 is 14.6 Å². The fourth-order valence-corrected chi connectivity index (χ4v) is 3.00. The zero-order valence-corrected chi connectivity index (χ0v) is 15.1. The molecule has 0 atom stereocenters. The monoisotopic (exact) mass is 368 g/mol. The van der Waals surface area contributed by atoms with E-state index in [0.29, 0.717) is 5.75 Å². The Morgan fingerprint density at radius 3 is 2.68 bits per heavy atom. The quantitative estimate of drug-likeness (QED) is 0.296. The van der Waals surface area contributed by atoms with Crippen molar-refractivity contribution in [1.29, 1.82) is 0 Å². The number of rotatable bonds is 5. The van der Waals surface area contributed by atoms with Crippen LogP contribution in [0.4, 0.5) is 0 Å². The first kappa shape index (κ1) is 17.6. The average Bonchev–Trinajstić information content (AvgIpc) is 3.11. The zero-order chi connectivity index (χ0) is 19.3. The van der Waals surface area contributed by atoms with Crippen LogP contribution in [0.5, 0.6) is 11.5 Å². The molecule has 4 heteroatoms. The van der Waals surface area contributed by atoms with E-state index in [-0.39, 0.29) is 18.1 Å². The lowest BCUT2D eigenvalue weighted by Gasteiger charge is -2.05. The third-order valence-electron chi connectivity index (χ3n) is 4.39. The van der Waals surface area contributed by atoms with Crippen molar-refractivity contribution >= 4 is 29.0 Å². The number of benzene rings is 3. The molecular formula is C24H18NO3. The van der Waals surface area contributed by atoms with Crippen molar-refractivity contribution in [2.45, 2.75) is 6.42 Å². The summed E-state index contributed by atoms with van der Waals surface area (Å²) in [5.41, 5.74) is 3.73. The standard InChI is InChI=1S/C24H18NO3/c26-20-12-10-17(11-13-20)8-9-18-4-3-5-21(14-18)28-24(27)15-19-16-25-23-7-2-1-6-22(19)23/h1-2,4-14,16,25-26H,15H2/b9-8+. The minimum absolute atomic E-state index is 0.192. The van der Waals surface area contributed by atoms with E-state index in [1.54, 1.807) is 24.3 Å². The Bertz CT molecular complexity index is 1140. The van der Waals surface area contributed by atoms with Gasteiger partial charge in [-0.2, -0.15) is 0 Å². The fraction of sp³-hybridized carbons (Fsp3) is 0.0417. The van der Waals surface area contributed by atoms with Gasteiger partial charge in [0.25, 0.3) is 0 Å². The van der Waals surface area contributed by atoms with E-state index in [9.17, 15) is 9.90 Å². The Hall–Kier alpha value is -3.79. The highest BCUT2D eigenvalue weighted by atomic mass is 16.5. The second kappa shape index (κ2) is 7.84. The van der Waals surface area contributed by atoms with E-state index in [4.69, 9.17) is 4.74 Å². The van der Waals surface area contributed by atoms with Crippen molar-refractivity contribution in [1.82, 2.24) is 4.98 Å². The third kappa shape index (κ3) is 4.13. The van der Waals surface area contributed by atoms with Crippen molar-refractivity contribution in [2.75, 3.05) is 0 Å². The summed E-state index contributed by atoms with van der Waals surface area (Å²) >= 11 is 0. The van der Waals surface area contributed by atoms with Gasteiger partial charge in [0.2, 0.25) is 0 Å². The largest absolute Gasteiger partial charge is 0.508 e. The van der Waals surface area contributed by atoms with Gasteiger partial charge in [-0.15, -0.1) is 0 Å². The van der Waals surface area contributed by atoms with Gasteiger partial charge in [-0.05, 0) is 59.2 Å². The molecular weight excluding hydrogens is 350 g/mol. The molecule has 1 heterocycles. The molecule has 4 rings (SSSR count). The van der Waals surface area contributed by atoms with Gasteiger partial charge >= 0.3 is 5.97 Å². The molecule has 137 valence electrons. The number of aromatic hydroxyl groups is 1. The molecule has 1 radical (unpaired) electrons. The number of H-pyrrole nitrogens is 1. The molecule has 0 amide bonds. The van der Waals surface area contributed by atoms with Gasteiger partial charge in [0.15, 0.2) is 0 Å². The highest BCUT2D eigenvalue weighted by Crippen LogP contribution is 2.20. The summed E-state index contributed by atoms with van der Waals surface area (Å²) in [6.45, 7) is 0. The first-order chi connectivity index (χ1) is 13.7. The summed E-state index contributed by atoms with van der Waals surface area (Å²) < 4.78 is 5.49. The molecule has 2 N–H and O–H groups in total. The van der Waals surface area contributed by atoms with Crippen LogP contribution in [0.2, 0.25) is 0 Å². The number of hydrogen-bond donors (Lipinski definition) is 2. The van der Waals surface area contributed by atoms with Gasteiger partial charge in [0.05, 0.1) is 6.42 Å². The van der Waals surface area contributed by atoms with Crippen LogP contribution in [0.3, 0.4) is 0 Å². The number of nitrogens with one attached hydrogen (secondary N) is 1. The molecule has 4 aromatic rings. The van der Waals surface area contributed by atoms with Crippen LogP contribution in [-0.2, 0) is 11.2 Å². The van der Waals surface area contributed by atoms with Crippen LogP contribution in [0.25, 0.3) is 23.1 Å². The molecule has 1 aromatic heterocycles. The number of hydrogen-bond acceptors (Lipinski definition) is 3. The van der Waals surface area contributed by atoms with Gasteiger partial charge in [0, 0.05) is 17.1 Å². The number of aromatic amines is 1. The maximum Gasteiger partial charge on any atom is 0.315 e. The Morgan fingerprint density at radius 2 is 1.82 bits per heavy atom. The van der Waals surface area contributed by atoms with Gasteiger partial charge < -0.3 is 14.8 Å². The van der Waals surface area contributed by atoms with Crippen molar-refractivity contribution in [3.63, 3.8) is 0 Å². The van der Waals surface area contributed by atoms with E-state index in [0.717, 1.165) is 27.6 Å². The normalized spacial score (nSPS) is 11.1. The SMILES string of the molecule is O=C(Cc1c[nH]c2ccccc12)Oc1c[c]cc(/C=C/c2ccc(O)cc2)c1. The highest BCUT2D eigenvalue weighted by Gasteiger charge is 2.10. The number of aromatic nitrogens is 1. The summed E-state index contributed by atoms with van der Waals surface area (Å²) in [5.74, 6) is 0.366. The number of fused-ring (bicyclic) bond motifs is 1. The second-order valence-corrected chi connectivity index (χ2v) is 6.44. The fourth-order valence-electron chi connectivity index (χ4n) is 3.00. The number of carbonyl (C=O) groups is 1. The van der Waals surface area contributed by atoms with E-state index < -0.39 is 0 Å². The van der Waals surface area contributed by atoms with E-state index >= 15 is 0 Å². The Morgan fingerprint density at radius 1 is 1.04 bits per heavy atom. The van der Waals surface area contributed by atoms with Crippen LogP contribution in [-0.4, -0.2) is 16.1 Å². The van der Waals surface area contributed by atoms with Gasteiger partial charge in [0.1, 0.15) is 11.5 Å². The summed E-state index contributed by atoms with van der Waals surface area (Å²) in [6.07, 6.45) is 5.85. The smallest absolute Gasteiger partial charge is 0.315 e. The zero-order valence-electron chi connectivity index (χ0n) is 15.1. The lowest BCUT2D eigenvalue weighted by Crippen LogP contribution is -2.11. The highest BCUT2D eigenvalue weighted by molar-refractivity contribution is 5.87. The van der Waals surface area contributed by atoms with Crippen molar-refractivity contribution in [2.24, 2.45) is 0 Å². The van der Waals surface area contributed by atoms with Crippen LogP contribution < -0.4 is 4.74 Å². The maximum atomic E-state index is 12.4. The Labute approximate surface area is 162 Å². The molecule has 0 saturated carbocycles. The predicted molar refractivity (Wildman–Crippen MR) is 110 cm³/mol. The number of esters is 1. The maximum absolute atomic E-state index is 12.4. The lowest BCUT2D eigenvalue weighted by molar-refractivity contribution is -0.133. The third-order valence-corrected chi connectivity index (χ3v) is 4.39. The summed E-state index contributed by atoms with van der Waals surface area (Å²) in [7, 11) is 0. The van der Waals surface area contributed by atoms with Crippen LogP contribution >= 0.6 is 0 Å². The molecule has 0 spiro atoms. The molecule has 0 aliphatic heterocycles. The molecule has 0 saturated heterocycles. The molecule has 0 unspecified atom stereocenters. The molecule has 28 heavy (non-hydrogen) atoms. The summed E-state index contributed by atoms with van der Waals surface area (Å²) in [6, 6.07) is 23.0. The van der Waals surface area contributed by atoms with Gasteiger partial charge in [-0.3, -0.25) is 4.79 Å². The molecule has 0 fully saturated rings. The van der Waals surface area contributed by atoms with Crippen LogP contribution in [0, 0.1) is 6.07 Å². The number of phenols is 1. The van der Waals surface area contributed by atoms with Gasteiger partial charge in [-0.25, -0.2) is 0 Å². The molecule has 0 aliphatic carbocycles. The van der Waals surface area contributed by atoms with Crippen molar-refractivity contribution in [3.8, 4) is 11.5 Å². The molecule has 3 aromatic carbocycles. The first-order valence-electron chi connectivity index (χ1n) is 8.91. The van der Waals surface area contributed by atoms with E-state index in [1.807, 2.05) is 60.8 Å². The Kier molecular flexibility index (Phi) is 4.93.